The average Bonchev–Trinajstić information content (AvgIpc) is 2.30. The third kappa shape index (κ3) is 1.80. The van der Waals surface area contributed by atoms with Crippen LogP contribution in [0, 0.1) is 6.07 Å². The lowest BCUT2D eigenvalue weighted by Gasteiger charge is -2.01. The van der Waals surface area contributed by atoms with Crippen molar-refractivity contribution in [2.45, 2.75) is 6.54 Å². The van der Waals surface area contributed by atoms with Gasteiger partial charge in [-0.15, -0.1) is 0 Å². The molecule has 0 atom stereocenters. The van der Waals surface area contributed by atoms with Crippen LogP contribution in [0.2, 0.25) is 0 Å². The van der Waals surface area contributed by atoms with Crippen molar-refractivity contribution in [3.8, 4) is 11.3 Å². The second kappa shape index (κ2) is 4.03. The molecule has 0 fully saturated rings. The van der Waals surface area contributed by atoms with Crippen LogP contribution in [0.4, 0.5) is 0 Å². The molecule has 1 heterocycles. The highest BCUT2D eigenvalue weighted by Gasteiger charge is 1.96. The van der Waals surface area contributed by atoms with Gasteiger partial charge in [0.1, 0.15) is 0 Å². The molecule has 2 N–H and O–H groups in total. The molecule has 0 saturated carbocycles. The Morgan fingerprint density at radius 3 is 2.57 bits per heavy atom. The molecule has 2 aromatic rings. The summed E-state index contributed by atoms with van der Waals surface area (Å²) in [7, 11) is 0. The summed E-state index contributed by atoms with van der Waals surface area (Å²) in [6.45, 7) is 0.578. The number of hydrogen-bond acceptors (Lipinski definition) is 2. The van der Waals surface area contributed by atoms with Crippen LogP contribution >= 0.6 is 0 Å². The van der Waals surface area contributed by atoms with E-state index < -0.39 is 0 Å². The van der Waals surface area contributed by atoms with Crippen LogP contribution in [0.5, 0.6) is 0 Å². The molecule has 0 amide bonds. The van der Waals surface area contributed by atoms with Crippen LogP contribution in [0.25, 0.3) is 11.3 Å². The van der Waals surface area contributed by atoms with Gasteiger partial charge in [0.15, 0.2) is 0 Å². The van der Waals surface area contributed by atoms with Crippen LogP contribution in [0.3, 0.4) is 0 Å². The van der Waals surface area contributed by atoms with Gasteiger partial charge in [0.25, 0.3) is 0 Å². The fourth-order valence-electron chi connectivity index (χ4n) is 1.29. The summed E-state index contributed by atoms with van der Waals surface area (Å²) >= 11 is 0. The second-order valence-electron chi connectivity index (χ2n) is 3.04. The molecule has 2 nitrogen and oxygen atoms in total. The zero-order valence-corrected chi connectivity index (χ0v) is 7.77. The molecule has 0 aliphatic rings. The molecule has 1 aromatic carbocycles. The smallest absolute Gasteiger partial charge is 0.0708 e. The summed E-state index contributed by atoms with van der Waals surface area (Å²) in [5, 5.41) is 0. The number of rotatable bonds is 2. The van der Waals surface area contributed by atoms with Gasteiger partial charge in [0.2, 0.25) is 0 Å². The van der Waals surface area contributed by atoms with Gasteiger partial charge in [-0.1, -0.05) is 24.3 Å². The predicted octanol–water partition coefficient (Wildman–Crippen LogP) is 2.01. The lowest BCUT2D eigenvalue weighted by atomic mass is 10.1. The molecule has 14 heavy (non-hydrogen) atoms. The topological polar surface area (TPSA) is 38.9 Å². The van der Waals surface area contributed by atoms with E-state index in [2.05, 4.69) is 11.1 Å². The maximum absolute atomic E-state index is 5.52. The highest BCUT2D eigenvalue weighted by Crippen LogP contribution is 2.16. The quantitative estimate of drug-likeness (QED) is 0.773. The largest absolute Gasteiger partial charge is 0.326 e. The van der Waals surface area contributed by atoms with Gasteiger partial charge in [0.05, 0.1) is 5.69 Å². The van der Waals surface area contributed by atoms with E-state index in [9.17, 15) is 0 Å². The second-order valence-corrected chi connectivity index (χ2v) is 3.04. The van der Waals surface area contributed by atoms with Gasteiger partial charge >= 0.3 is 0 Å². The maximum Gasteiger partial charge on any atom is 0.0708 e. The van der Waals surface area contributed by atoms with E-state index in [0.29, 0.717) is 6.54 Å². The van der Waals surface area contributed by atoms with Crippen LogP contribution < -0.4 is 5.73 Å². The predicted molar refractivity (Wildman–Crippen MR) is 56.4 cm³/mol. The van der Waals surface area contributed by atoms with Crippen molar-refractivity contribution in [1.82, 2.24) is 4.98 Å². The zero-order chi connectivity index (χ0) is 9.80. The molecular weight excluding hydrogens is 172 g/mol. The molecule has 0 aliphatic carbocycles. The van der Waals surface area contributed by atoms with Crippen molar-refractivity contribution < 1.29 is 0 Å². The lowest BCUT2D eigenvalue weighted by molar-refractivity contribution is 1.07. The molecule has 1 aromatic heterocycles. The van der Waals surface area contributed by atoms with Crippen LogP contribution in [-0.4, -0.2) is 4.98 Å². The third-order valence-electron chi connectivity index (χ3n) is 2.09. The summed E-state index contributed by atoms with van der Waals surface area (Å²) in [5.74, 6) is 0. The van der Waals surface area contributed by atoms with Crippen molar-refractivity contribution >= 4 is 0 Å². The summed E-state index contributed by atoms with van der Waals surface area (Å²) in [4.78, 5) is 4.24. The fraction of sp³-hybridized carbons (Fsp3) is 0.0833. The Morgan fingerprint density at radius 1 is 1.21 bits per heavy atom. The number of nitrogens with two attached hydrogens (primary N) is 1. The van der Waals surface area contributed by atoms with Gasteiger partial charge in [-0.05, 0) is 23.8 Å². The van der Waals surface area contributed by atoms with E-state index in [1.807, 2.05) is 30.3 Å². The van der Waals surface area contributed by atoms with Crippen LogP contribution in [0.1, 0.15) is 5.56 Å². The van der Waals surface area contributed by atoms with Gasteiger partial charge < -0.3 is 5.73 Å². The summed E-state index contributed by atoms with van der Waals surface area (Å²) in [5.41, 5.74) is 8.69. The first kappa shape index (κ1) is 8.91. The Bertz CT molecular complexity index is 392. The zero-order valence-electron chi connectivity index (χ0n) is 7.77. The molecule has 2 rings (SSSR count). The van der Waals surface area contributed by atoms with Crippen LogP contribution in [-0.2, 0) is 6.54 Å². The molecule has 0 saturated heterocycles. The molecule has 0 aliphatic heterocycles. The first-order valence-corrected chi connectivity index (χ1v) is 4.51. The van der Waals surface area contributed by atoms with E-state index in [1.54, 1.807) is 12.3 Å². The minimum Gasteiger partial charge on any atom is -0.326 e. The van der Waals surface area contributed by atoms with E-state index in [1.165, 1.54) is 0 Å². The van der Waals surface area contributed by atoms with Crippen molar-refractivity contribution in [3.63, 3.8) is 0 Å². The van der Waals surface area contributed by atoms with Gasteiger partial charge in [-0.3, -0.25) is 4.98 Å². The summed E-state index contributed by atoms with van der Waals surface area (Å²) in [6.07, 6.45) is 1.74. The normalized spacial score (nSPS) is 10.1. The Balaban J connectivity index is 2.34. The van der Waals surface area contributed by atoms with E-state index in [-0.39, 0.29) is 0 Å². The van der Waals surface area contributed by atoms with Gasteiger partial charge in [-0.25, -0.2) is 0 Å². The van der Waals surface area contributed by atoms with Gasteiger partial charge in [-0.2, -0.15) is 0 Å². The van der Waals surface area contributed by atoms with Crippen LogP contribution in [0.15, 0.2) is 42.6 Å². The Kier molecular flexibility index (Phi) is 2.56. The SMILES string of the molecule is NCc1ccc(-c2c[c]ccn2)cc1. The average molecular weight is 183 g/mol. The first-order valence-electron chi connectivity index (χ1n) is 4.51. The van der Waals surface area contributed by atoms with Crippen molar-refractivity contribution in [2.75, 3.05) is 0 Å². The molecule has 1 radical (unpaired) electrons. The van der Waals surface area contributed by atoms with Crippen molar-refractivity contribution in [3.05, 3.63) is 54.2 Å². The summed E-state index contributed by atoms with van der Waals surface area (Å²) < 4.78 is 0. The third-order valence-corrected chi connectivity index (χ3v) is 2.09. The number of hydrogen-bond donors (Lipinski definition) is 1. The number of pyridine rings is 1. The first-order chi connectivity index (χ1) is 6.90. The van der Waals surface area contributed by atoms with Gasteiger partial charge in [0, 0.05) is 18.3 Å². The van der Waals surface area contributed by atoms with E-state index in [4.69, 9.17) is 5.73 Å². The number of aromatic nitrogens is 1. The standard InChI is InChI=1S/C12H11N2/c13-9-10-4-6-11(7-5-10)12-3-1-2-8-14-12/h2-8H,9,13H2. The molecule has 0 unspecified atom stereocenters. The summed E-state index contributed by atoms with van der Waals surface area (Å²) in [6, 6.07) is 14.8. The monoisotopic (exact) mass is 183 g/mol. The molecule has 0 spiro atoms. The Morgan fingerprint density at radius 2 is 2.00 bits per heavy atom. The molecule has 0 bridgehead atoms. The highest BCUT2D eigenvalue weighted by molar-refractivity contribution is 5.58. The van der Waals surface area contributed by atoms with Crippen molar-refractivity contribution in [2.24, 2.45) is 5.73 Å². The molecule has 2 heteroatoms. The highest BCUT2D eigenvalue weighted by atomic mass is 14.7. The molecular formula is C12H11N2. The Hall–Kier alpha value is -1.67. The molecule has 69 valence electrons. The van der Waals surface area contributed by atoms with E-state index in [0.717, 1.165) is 16.8 Å². The number of nitrogens with zero attached hydrogens (tertiary/aromatic N) is 1. The number of benzene rings is 1. The Labute approximate surface area is 83.4 Å². The lowest BCUT2D eigenvalue weighted by Crippen LogP contribution is -1.95. The minimum absolute atomic E-state index is 0.578. The van der Waals surface area contributed by atoms with E-state index >= 15 is 0 Å². The minimum atomic E-state index is 0.578. The maximum atomic E-state index is 5.52. The van der Waals surface area contributed by atoms with Crippen molar-refractivity contribution in [1.29, 1.82) is 0 Å². The fourth-order valence-corrected chi connectivity index (χ4v) is 1.29.